The molecule has 0 aliphatic carbocycles. The molecule has 2 aliphatic rings. The summed E-state index contributed by atoms with van der Waals surface area (Å²) in [6.07, 6.45) is -2.80. The molecule has 4 N–H and O–H groups in total. The highest BCUT2D eigenvalue weighted by atomic mass is 35.5. The monoisotopic (exact) mass is 519 g/mol. The second-order valence-electron chi connectivity index (χ2n) is 7.41. The number of carbonyl (C=O) groups is 2. The van der Waals surface area contributed by atoms with Crippen LogP contribution in [0, 0.1) is 0 Å². The fourth-order valence-corrected chi connectivity index (χ4v) is 4.41. The lowest BCUT2D eigenvalue weighted by Gasteiger charge is -2.34. The third-order valence-corrected chi connectivity index (χ3v) is 6.18. The molecule has 2 aromatic rings. The first-order chi connectivity index (χ1) is 14.7. The number of para-hydroxylation sites is 1. The number of hydrogen-bond donors (Lipinski definition) is 0. The van der Waals surface area contributed by atoms with Crippen LogP contribution in [0.15, 0.2) is 53.4 Å². The molecule has 0 radical (unpaired) electrons. The molecule has 0 bridgehead atoms. The highest BCUT2D eigenvalue weighted by Crippen LogP contribution is 2.38. The maximum atomic E-state index is 12.9. The van der Waals surface area contributed by atoms with E-state index in [0.29, 0.717) is 0 Å². The zero-order valence-corrected chi connectivity index (χ0v) is 19.8. The number of rotatable bonds is 3. The van der Waals surface area contributed by atoms with Crippen molar-refractivity contribution in [2.45, 2.75) is 6.18 Å². The molecule has 12 heteroatoms. The third-order valence-electron chi connectivity index (χ3n) is 5.31. The van der Waals surface area contributed by atoms with Gasteiger partial charge in [0.1, 0.15) is 0 Å². The Morgan fingerprint density at radius 2 is 1.50 bits per heavy atom. The summed E-state index contributed by atoms with van der Waals surface area (Å²) in [7, 11) is 2.07. The highest BCUT2D eigenvalue weighted by Gasteiger charge is 2.37. The van der Waals surface area contributed by atoms with Crippen molar-refractivity contribution in [3.05, 3.63) is 64.6 Å². The predicted molar refractivity (Wildman–Crippen MR) is 131 cm³/mol. The largest absolute Gasteiger partial charge is 0.416 e. The Kier molecular flexibility index (Phi) is 10.2. The topological polar surface area (TPSA) is 107 Å². The van der Waals surface area contributed by atoms with Crippen LogP contribution in [0.3, 0.4) is 0 Å². The quantitative estimate of drug-likeness (QED) is 0.577. The Morgan fingerprint density at radius 1 is 0.912 bits per heavy atom. The molecular formula is C22H25ClF3N3O4S. The Labute approximate surface area is 205 Å². The lowest BCUT2D eigenvalue weighted by molar-refractivity contribution is -0.137. The minimum Gasteiger partial charge on any atom is -0.412 e. The SMILES string of the molecule is CN1CCN(c2ccccc2C=C2SC(=O)N(c3ccc(C(F)(F)F)cc3)C2=O)CC1.Cl.O.O. The molecule has 7 nitrogen and oxygen atoms in total. The molecule has 0 saturated carbocycles. The number of amides is 2. The van der Waals surface area contributed by atoms with Gasteiger partial charge in [-0.3, -0.25) is 9.59 Å². The van der Waals surface area contributed by atoms with Crippen LogP contribution < -0.4 is 9.80 Å². The van der Waals surface area contributed by atoms with E-state index in [1.54, 1.807) is 6.08 Å². The summed E-state index contributed by atoms with van der Waals surface area (Å²) in [4.78, 5) is 31.0. The Morgan fingerprint density at radius 3 is 2.09 bits per heavy atom. The predicted octanol–water partition coefficient (Wildman–Crippen LogP) is 3.47. The standard InChI is InChI=1S/C22H20F3N3O2S.ClH.2H2O/c1-26-10-12-27(13-11-26)18-5-3-2-4-15(18)14-19-20(29)28(21(30)31-19)17-8-6-16(7-9-17)22(23,24)25;;;/h2-9,14H,10-13H2,1H3;1H;2*1H2. The average molecular weight is 520 g/mol. The minimum atomic E-state index is -4.48. The normalized spacial score (nSPS) is 17.8. The maximum absolute atomic E-state index is 12.9. The van der Waals surface area contributed by atoms with E-state index >= 15 is 0 Å². The van der Waals surface area contributed by atoms with Gasteiger partial charge in [-0.05, 0) is 60.8 Å². The van der Waals surface area contributed by atoms with Crippen molar-refractivity contribution in [2.24, 2.45) is 0 Å². The molecule has 2 saturated heterocycles. The first-order valence-electron chi connectivity index (χ1n) is 9.72. The van der Waals surface area contributed by atoms with Gasteiger partial charge in [-0.2, -0.15) is 13.2 Å². The van der Waals surface area contributed by atoms with Gasteiger partial charge < -0.3 is 20.8 Å². The lowest BCUT2D eigenvalue weighted by Crippen LogP contribution is -2.44. The number of benzene rings is 2. The number of halogens is 4. The Bertz CT molecular complexity index is 1040. The van der Waals surface area contributed by atoms with Crippen molar-refractivity contribution in [3.8, 4) is 0 Å². The average Bonchev–Trinajstić information content (AvgIpc) is 3.01. The van der Waals surface area contributed by atoms with E-state index in [9.17, 15) is 22.8 Å². The van der Waals surface area contributed by atoms with E-state index in [1.165, 1.54) is 0 Å². The highest BCUT2D eigenvalue weighted by molar-refractivity contribution is 8.19. The van der Waals surface area contributed by atoms with E-state index in [0.717, 1.165) is 78.4 Å². The zero-order chi connectivity index (χ0) is 22.2. The summed E-state index contributed by atoms with van der Waals surface area (Å²) in [5.41, 5.74) is 1.09. The molecule has 2 amide bonds. The van der Waals surface area contributed by atoms with Crippen molar-refractivity contribution < 1.29 is 33.7 Å². The lowest BCUT2D eigenvalue weighted by atomic mass is 10.1. The molecule has 0 unspecified atom stereocenters. The minimum absolute atomic E-state index is 0. The molecule has 0 spiro atoms. The smallest absolute Gasteiger partial charge is 0.412 e. The van der Waals surface area contributed by atoms with Crippen molar-refractivity contribution in [3.63, 3.8) is 0 Å². The van der Waals surface area contributed by atoms with E-state index in [-0.39, 0.29) is 34.0 Å². The molecule has 2 aliphatic heterocycles. The van der Waals surface area contributed by atoms with Gasteiger partial charge in [0.05, 0.1) is 16.2 Å². The maximum Gasteiger partial charge on any atom is 0.416 e. The van der Waals surface area contributed by atoms with Crippen molar-refractivity contribution in [1.29, 1.82) is 0 Å². The number of nitrogens with zero attached hydrogens (tertiary/aromatic N) is 3. The van der Waals surface area contributed by atoms with Crippen molar-refractivity contribution in [2.75, 3.05) is 43.0 Å². The molecule has 34 heavy (non-hydrogen) atoms. The summed E-state index contributed by atoms with van der Waals surface area (Å²) < 4.78 is 38.4. The first-order valence-corrected chi connectivity index (χ1v) is 10.5. The van der Waals surface area contributed by atoms with Gasteiger partial charge in [0.25, 0.3) is 11.1 Å². The van der Waals surface area contributed by atoms with Gasteiger partial charge in [0.15, 0.2) is 0 Å². The number of imide groups is 1. The summed E-state index contributed by atoms with van der Waals surface area (Å²) in [6, 6.07) is 11.7. The molecule has 0 aromatic heterocycles. The van der Waals surface area contributed by atoms with Crippen LogP contribution in [-0.2, 0) is 11.0 Å². The number of thioether (sulfide) groups is 1. The van der Waals surface area contributed by atoms with Crippen LogP contribution in [-0.4, -0.2) is 60.2 Å². The van der Waals surface area contributed by atoms with Gasteiger partial charge in [0, 0.05) is 31.9 Å². The van der Waals surface area contributed by atoms with E-state index in [2.05, 4.69) is 16.8 Å². The summed E-state index contributed by atoms with van der Waals surface area (Å²) in [5.74, 6) is -0.539. The van der Waals surface area contributed by atoms with Crippen LogP contribution >= 0.6 is 24.2 Å². The van der Waals surface area contributed by atoms with Crippen molar-refractivity contribution in [1.82, 2.24) is 4.90 Å². The van der Waals surface area contributed by atoms with Crippen LogP contribution in [0.25, 0.3) is 6.08 Å². The molecule has 2 aromatic carbocycles. The molecule has 0 atom stereocenters. The second-order valence-corrected chi connectivity index (χ2v) is 8.40. The molecular weight excluding hydrogens is 495 g/mol. The van der Waals surface area contributed by atoms with Gasteiger partial charge in [-0.25, -0.2) is 4.90 Å². The van der Waals surface area contributed by atoms with Crippen LogP contribution in [0.1, 0.15) is 11.1 Å². The van der Waals surface area contributed by atoms with E-state index in [4.69, 9.17) is 0 Å². The molecule has 4 rings (SSSR count). The van der Waals surface area contributed by atoms with E-state index < -0.39 is 22.9 Å². The van der Waals surface area contributed by atoms with Crippen LogP contribution in [0.4, 0.5) is 29.3 Å². The van der Waals surface area contributed by atoms with Gasteiger partial charge in [0.2, 0.25) is 0 Å². The van der Waals surface area contributed by atoms with E-state index in [1.807, 2.05) is 24.3 Å². The fourth-order valence-electron chi connectivity index (χ4n) is 3.58. The number of hydrogen-bond acceptors (Lipinski definition) is 5. The van der Waals surface area contributed by atoms with Gasteiger partial charge in [-0.1, -0.05) is 18.2 Å². The fraction of sp³-hybridized carbons (Fsp3) is 0.273. The van der Waals surface area contributed by atoms with Crippen molar-refractivity contribution >= 4 is 52.8 Å². The number of piperazine rings is 1. The molecule has 186 valence electrons. The number of carbonyl (C=O) groups excluding carboxylic acids is 2. The Hall–Kier alpha value is -2.57. The van der Waals surface area contributed by atoms with Crippen LogP contribution in [0.2, 0.25) is 0 Å². The van der Waals surface area contributed by atoms with Gasteiger partial charge in [-0.15, -0.1) is 12.4 Å². The zero-order valence-electron chi connectivity index (χ0n) is 18.1. The molecule has 2 fully saturated rings. The number of alkyl halides is 3. The summed E-state index contributed by atoms with van der Waals surface area (Å²) >= 11 is 0.787. The number of anilines is 2. The Balaban J connectivity index is 0.00000193. The summed E-state index contributed by atoms with van der Waals surface area (Å²) in [6.45, 7) is 3.57. The first kappa shape index (κ1) is 29.5. The van der Waals surface area contributed by atoms with Crippen LogP contribution in [0.5, 0.6) is 0 Å². The molecule has 2 heterocycles. The second kappa shape index (κ2) is 11.7. The van der Waals surface area contributed by atoms with Gasteiger partial charge >= 0.3 is 6.18 Å². The number of likely N-dealkylation sites (N-methyl/N-ethyl adjacent to an activating group) is 1. The third kappa shape index (κ3) is 6.10. The summed E-state index contributed by atoms with van der Waals surface area (Å²) in [5, 5.41) is -0.534.